The van der Waals surface area contributed by atoms with Gasteiger partial charge in [-0.15, -0.1) is 0 Å². The van der Waals surface area contributed by atoms with Gasteiger partial charge in [-0.3, -0.25) is 4.79 Å². The summed E-state index contributed by atoms with van der Waals surface area (Å²) in [7, 11) is 1.67. The lowest BCUT2D eigenvalue weighted by Crippen LogP contribution is -2.40. The van der Waals surface area contributed by atoms with Crippen LogP contribution in [0.5, 0.6) is 17.2 Å². The molecule has 1 N–H and O–H groups in total. The molecule has 0 radical (unpaired) electrons. The van der Waals surface area contributed by atoms with Crippen LogP contribution in [0.15, 0.2) is 36.4 Å². The normalized spacial score (nSPS) is 14.0. The highest BCUT2D eigenvalue weighted by Crippen LogP contribution is 2.38. The highest BCUT2D eigenvalue weighted by Gasteiger charge is 2.23. The van der Waals surface area contributed by atoms with Gasteiger partial charge in [0.1, 0.15) is 5.75 Å². The van der Waals surface area contributed by atoms with E-state index < -0.39 is 0 Å². The number of carbonyl (C=O) groups excluding carboxylic acids is 1. The number of hydrogen-bond donors (Lipinski definition) is 1. The molecule has 2 aromatic carbocycles. The van der Waals surface area contributed by atoms with Crippen LogP contribution in [-0.2, 0) is 17.9 Å². The van der Waals surface area contributed by atoms with Crippen LogP contribution < -0.4 is 19.5 Å². The maximum Gasteiger partial charge on any atom is 0.226 e. The summed E-state index contributed by atoms with van der Waals surface area (Å²) in [6.45, 7) is 9.74. The molecular weight excluding hydrogens is 440 g/mol. The number of nitrogens with one attached hydrogen (secondary N) is 1. The Labute approximate surface area is 202 Å². The number of para-hydroxylation sites is 1. The largest absolute Gasteiger partial charge is 0.496 e. The van der Waals surface area contributed by atoms with Crippen molar-refractivity contribution >= 4 is 17.5 Å². The van der Waals surface area contributed by atoms with Gasteiger partial charge in [0.25, 0.3) is 0 Å². The third kappa shape index (κ3) is 7.02. The number of carbonyl (C=O) groups is 1. The van der Waals surface area contributed by atoms with Crippen LogP contribution in [0.2, 0.25) is 5.02 Å². The molecular formula is C26H35ClN2O4. The lowest BCUT2D eigenvalue weighted by atomic mass is 10.1. The Morgan fingerprint density at radius 2 is 1.94 bits per heavy atom. The minimum atomic E-state index is -0.172. The van der Waals surface area contributed by atoms with Gasteiger partial charge in [0.05, 0.1) is 25.3 Å². The maximum absolute atomic E-state index is 13.3. The molecule has 0 spiro atoms. The smallest absolute Gasteiger partial charge is 0.226 e. The van der Waals surface area contributed by atoms with E-state index >= 15 is 0 Å². The highest BCUT2D eigenvalue weighted by atomic mass is 35.5. The third-order valence-corrected chi connectivity index (χ3v) is 5.79. The Bertz CT molecular complexity index is 935. The molecule has 7 heteroatoms. The molecule has 0 fully saturated rings. The van der Waals surface area contributed by atoms with E-state index in [4.69, 9.17) is 25.8 Å². The molecule has 6 nitrogen and oxygen atoms in total. The van der Waals surface area contributed by atoms with Crippen LogP contribution in [0, 0.1) is 11.8 Å². The summed E-state index contributed by atoms with van der Waals surface area (Å²) in [5.41, 5.74) is 2.01. The summed E-state index contributed by atoms with van der Waals surface area (Å²) in [6, 6.07) is 11.7. The van der Waals surface area contributed by atoms with Gasteiger partial charge in [-0.25, -0.2) is 0 Å². The van der Waals surface area contributed by atoms with E-state index in [0.717, 1.165) is 23.3 Å². The van der Waals surface area contributed by atoms with Gasteiger partial charge in [0, 0.05) is 44.1 Å². The number of rotatable bonds is 10. The van der Waals surface area contributed by atoms with Crippen LogP contribution in [-0.4, -0.2) is 44.2 Å². The van der Waals surface area contributed by atoms with Crippen molar-refractivity contribution in [1.82, 2.24) is 10.2 Å². The third-order valence-electron chi connectivity index (χ3n) is 5.51. The lowest BCUT2D eigenvalue weighted by Gasteiger charge is -2.28. The molecule has 1 aliphatic heterocycles. The first-order valence-electron chi connectivity index (χ1n) is 11.6. The van der Waals surface area contributed by atoms with Crippen molar-refractivity contribution in [3.63, 3.8) is 0 Å². The number of halogens is 1. The number of benzene rings is 2. The Balaban J connectivity index is 1.66. The molecule has 0 aromatic heterocycles. The fourth-order valence-electron chi connectivity index (χ4n) is 3.94. The lowest BCUT2D eigenvalue weighted by molar-refractivity contribution is -0.136. The van der Waals surface area contributed by atoms with E-state index in [1.165, 1.54) is 0 Å². The Kier molecular flexibility index (Phi) is 9.27. The van der Waals surface area contributed by atoms with Crippen molar-refractivity contribution in [3.8, 4) is 17.2 Å². The molecule has 3 rings (SSSR count). The molecule has 0 bridgehead atoms. The molecule has 33 heavy (non-hydrogen) atoms. The Morgan fingerprint density at radius 3 is 2.70 bits per heavy atom. The number of amides is 1. The Hall–Kier alpha value is -2.44. The van der Waals surface area contributed by atoms with Crippen molar-refractivity contribution in [1.29, 1.82) is 0 Å². The van der Waals surface area contributed by atoms with Crippen molar-refractivity contribution in [2.24, 2.45) is 11.8 Å². The summed E-state index contributed by atoms with van der Waals surface area (Å²) in [4.78, 5) is 15.3. The van der Waals surface area contributed by atoms with Gasteiger partial charge in [0.2, 0.25) is 5.91 Å². The minimum Gasteiger partial charge on any atom is -0.496 e. The van der Waals surface area contributed by atoms with Crippen molar-refractivity contribution in [2.75, 3.05) is 33.4 Å². The minimum absolute atomic E-state index is 0.111. The molecule has 1 atom stereocenters. The van der Waals surface area contributed by atoms with Crippen LogP contribution in [0.3, 0.4) is 0 Å². The second kappa shape index (κ2) is 12.1. The van der Waals surface area contributed by atoms with Gasteiger partial charge in [0.15, 0.2) is 11.5 Å². The SMILES string of the molecule is COc1ccccc1CNC[C@@H](C)C(=O)N(Cc1cc(Cl)c2c(c1)OCCCO2)CC(C)C. The van der Waals surface area contributed by atoms with Crippen molar-refractivity contribution in [3.05, 3.63) is 52.5 Å². The van der Waals surface area contributed by atoms with E-state index in [0.29, 0.717) is 61.8 Å². The van der Waals surface area contributed by atoms with E-state index in [-0.39, 0.29) is 11.8 Å². The summed E-state index contributed by atoms with van der Waals surface area (Å²) < 4.78 is 17.0. The summed E-state index contributed by atoms with van der Waals surface area (Å²) in [5.74, 6) is 2.37. The van der Waals surface area contributed by atoms with Crippen molar-refractivity contribution in [2.45, 2.75) is 40.3 Å². The van der Waals surface area contributed by atoms with Gasteiger partial charge < -0.3 is 24.4 Å². The quantitative estimate of drug-likeness (QED) is 0.529. The maximum atomic E-state index is 13.3. The van der Waals surface area contributed by atoms with Gasteiger partial charge in [-0.1, -0.05) is 50.6 Å². The molecule has 1 amide bonds. The zero-order valence-electron chi connectivity index (χ0n) is 20.0. The van der Waals surface area contributed by atoms with Crippen LogP contribution in [0.1, 0.15) is 38.3 Å². The molecule has 1 heterocycles. The molecule has 0 saturated heterocycles. The van der Waals surface area contributed by atoms with Gasteiger partial charge >= 0.3 is 0 Å². The molecule has 0 unspecified atom stereocenters. The van der Waals surface area contributed by atoms with Crippen molar-refractivity contribution < 1.29 is 19.0 Å². The zero-order chi connectivity index (χ0) is 23.8. The molecule has 2 aromatic rings. The standard InChI is InChI=1S/C26H35ClN2O4/c1-18(2)16-29(17-20-12-22(27)25-24(13-20)32-10-7-11-33-25)26(30)19(3)14-28-15-21-8-5-6-9-23(21)31-4/h5-6,8-9,12-13,18-19,28H,7,10-11,14-17H2,1-4H3/t19-/m1/s1. The van der Waals surface area contributed by atoms with Gasteiger partial charge in [-0.2, -0.15) is 0 Å². The molecule has 180 valence electrons. The first-order chi connectivity index (χ1) is 15.9. The number of nitrogens with zero attached hydrogens (tertiary/aromatic N) is 1. The average Bonchev–Trinajstić information content (AvgIpc) is 3.04. The summed E-state index contributed by atoms with van der Waals surface area (Å²) in [5, 5.41) is 3.92. The number of methoxy groups -OCH3 is 1. The molecule has 0 saturated carbocycles. The first-order valence-corrected chi connectivity index (χ1v) is 12.0. The number of ether oxygens (including phenoxy) is 3. The topological polar surface area (TPSA) is 60.0 Å². The summed E-state index contributed by atoms with van der Waals surface area (Å²) in [6.07, 6.45) is 0.817. The second-order valence-electron chi connectivity index (χ2n) is 8.91. The summed E-state index contributed by atoms with van der Waals surface area (Å²) >= 11 is 6.47. The van der Waals surface area contributed by atoms with Crippen LogP contribution >= 0.6 is 11.6 Å². The zero-order valence-corrected chi connectivity index (χ0v) is 20.8. The number of hydrogen-bond acceptors (Lipinski definition) is 5. The molecule has 0 aliphatic carbocycles. The first kappa shape index (κ1) is 25.2. The fraction of sp³-hybridized carbons (Fsp3) is 0.500. The monoisotopic (exact) mass is 474 g/mol. The average molecular weight is 475 g/mol. The van der Waals surface area contributed by atoms with Crippen LogP contribution in [0.25, 0.3) is 0 Å². The van der Waals surface area contributed by atoms with Crippen LogP contribution in [0.4, 0.5) is 0 Å². The fourth-order valence-corrected chi connectivity index (χ4v) is 4.23. The predicted molar refractivity (Wildman–Crippen MR) is 131 cm³/mol. The van der Waals surface area contributed by atoms with E-state index in [1.54, 1.807) is 7.11 Å². The van der Waals surface area contributed by atoms with E-state index in [1.807, 2.05) is 48.2 Å². The van der Waals surface area contributed by atoms with Gasteiger partial charge in [-0.05, 0) is 29.7 Å². The second-order valence-corrected chi connectivity index (χ2v) is 9.32. The molecule has 1 aliphatic rings. The van der Waals surface area contributed by atoms with E-state index in [2.05, 4.69) is 19.2 Å². The number of fused-ring (bicyclic) bond motifs is 1. The van der Waals surface area contributed by atoms with E-state index in [9.17, 15) is 4.79 Å². The Morgan fingerprint density at radius 1 is 1.18 bits per heavy atom. The highest BCUT2D eigenvalue weighted by molar-refractivity contribution is 6.32. The predicted octanol–water partition coefficient (Wildman–Crippen LogP) is 4.92.